The number of alkyl carbamates (subject to hydrolysis) is 1. The molecule has 7 heteroatoms. The number of nitrogens with one attached hydrogen (secondary N) is 1. The Morgan fingerprint density at radius 1 is 1.12 bits per heavy atom. The van der Waals surface area contributed by atoms with Crippen LogP contribution in [0.2, 0.25) is 0 Å². The molecular weight excluding hydrogens is 338 g/mol. The van der Waals surface area contributed by atoms with E-state index >= 15 is 0 Å². The standard InChI is InChI=1S/C19H23NO6/c1-25-17-8-7-14(11-21)9-15(17)18(23)16(22)10-20-19(24)26-12-13-5-3-2-4-6-13/h2-9,16,18,21-23H,10-12H2,1H3,(H,20,24). The second-order valence-corrected chi connectivity index (χ2v) is 5.69. The Bertz CT molecular complexity index is 706. The number of aliphatic hydroxyl groups excluding tert-OH is 3. The molecule has 2 aromatic carbocycles. The largest absolute Gasteiger partial charge is 0.496 e. The molecule has 2 rings (SSSR count). The molecule has 0 heterocycles. The molecule has 2 atom stereocenters. The minimum atomic E-state index is -1.30. The molecule has 7 nitrogen and oxygen atoms in total. The van der Waals surface area contributed by atoms with E-state index in [1.807, 2.05) is 30.3 Å². The van der Waals surface area contributed by atoms with E-state index in [1.54, 1.807) is 18.2 Å². The molecule has 1 amide bonds. The molecule has 2 unspecified atom stereocenters. The first kappa shape index (κ1) is 19.7. The fourth-order valence-electron chi connectivity index (χ4n) is 2.39. The average molecular weight is 361 g/mol. The molecule has 140 valence electrons. The summed E-state index contributed by atoms with van der Waals surface area (Å²) in [6.07, 6.45) is -3.27. The van der Waals surface area contributed by atoms with E-state index < -0.39 is 18.3 Å². The summed E-state index contributed by atoms with van der Waals surface area (Å²) in [6.45, 7) is -0.303. The zero-order valence-electron chi connectivity index (χ0n) is 14.5. The van der Waals surface area contributed by atoms with Crippen molar-refractivity contribution >= 4 is 6.09 Å². The predicted molar refractivity (Wildman–Crippen MR) is 94.5 cm³/mol. The smallest absolute Gasteiger partial charge is 0.407 e. The number of rotatable bonds is 8. The number of carbonyl (C=O) groups excluding carboxylic acids is 1. The maximum absolute atomic E-state index is 11.7. The number of hydrogen-bond acceptors (Lipinski definition) is 6. The number of aliphatic hydroxyl groups is 3. The normalized spacial score (nSPS) is 12.9. The van der Waals surface area contributed by atoms with Crippen molar-refractivity contribution in [2.45, 2.75) is 25.4 Å². The molecular formula is C19H23NO6. The fourth-order valence-corrected chi connectivity index (χ4v) is 2.39. The highest BCUT2D eigenvalue weighted by molar-refractivity contribution is 5.67. The third kappa shape index (κ3) is 5.45. The van der Waals surface area contributed by atoms with Crippen LogP contribution in [0.5, 0.6) is 5.75 Å². The van der Waals surface area contributed by atoms with Crippen LogP contribution in [0.1, 0.15) is 22.8 Å². The lowest BCUT2D eigenvalue weighted by Crippen LogP contribution is -2.35. The highest BCUT2D eigenvalue weighted by Crippen LogP contribution is 2.28. The fraction of sp³-hybridized carbons (Fsp3) is 0.316. The summed E-state index contributed by atoms with van der Waals surface area (Å²) in [4.78, 5) is 11.7. The molecule has 0 saturated heterocycles. The van der Waals surface area contributed by atoms with Crippen LogP contribution in [-0.4, -0.2) is 41.2 Å². The summed E-state index contributed by atoms with van der Waals surface area (Å²) >= 11 is 0. The number of amides is 1. The molecule has 0 bridgehead atoms. The third-order valence-electron chi connectivity index (χ3n) is 3.83. The van der Waals surface area contributed by atoms with Gasteiger partial charge in [0.25, 0.3) is 0 Å². The summed E-state index contributed by atoms with van der Waals surface area (Å²) in [7, 11) is 1.44. The molecule has 0 saturated carbocycles. The first-order valence-electron chi connectivity index (χ1n) is 8.13. The van der Waals surface area contributed by atoms with Gasteiger partial charge in [-0.3, -0.25) is 0 Å². The molecule has 0 aliphatic heterocycles. The molecule has 0 aliphatic carbocycles. The zero-order valence-corrected chi connectivity index (χ0v) is 14.5. The number of benzene rings is 2. The van der Waals surface area contributed by atoms with Gasteiger partial charge in [-0.05, 0) is 23.3 Å². The van der Waals surface area contributed by atoms with Crippen molar-refractivity contribution < 1.29 is 29.6 Å². The molecule has 0 radical (unpaired) electrons. The van der Waals surface area contributed by atoms with Crippen LogP contribution in [0.25, 0.3) is 0 Å². The van der Waals surface area contributed by atoms with Crippen molar-refractivity contribution in [2.24, 2.45) is 0 Å². The van der Waals surface area contributed by atoms with Gasteiger partial charge in [-0.1, -0.05) is 36.4 Å². The van der Waals surface area contributed by atoms with Crippen molar-refractivity contribution in [3.8, 4) is 5.75 Å². The Morgan fingerprint density at radius 2 is 1.85 bits per heavy atom. The Labute approximate surface area is 151 Å². The number of carbonyl (C=O) groups is 1. The first-order chi connectivity index (χ1) is 12.5. The van der Waals surface area contributed by atoms with Crippen molar-refractivity contribution in [3.63, 3.8) is 0 Å². The van der Waals surface area contributed by atoms with Crippen molar-refractivity contribution in [2.75, 3.05) is 13.7 Å². The van der Waals surface area contributed by atoms with Crippen LogP contribution in [0, 0.1) is 0 Å². The van der Waals surface area contributed by atoms with Gasteiger partial charge in [-0.15, -0.1) is 0 Å². The maximum atomic E-state index is 11.7. The van der Waals surface area contributed by atoms with E-state index in [-0.39, 0.29) is 19.8 Å². The van der Waals surface area contributed by atoms with Gasteiger partial charge in [0.1, 0.15) is 24.6 Å². The third-order valence-corrected chi connectivity index (χ3v) is 3.83. The maximum Gasteiger partial charge on any atom is 0.407 e. The lowest BCUT2D eigenvalue weighted by Gasteiger charge is -2.21. The predicted octanol–water partition coefficient (Wildman–Crippen LogP) is 1.51. The zero-order chi connectivity index (χ0) is 18.9. The van der Waals surface area contributed by atoms with Crippen molar-refractivity contribution in [1.29, 1.82) is 0 Å². The van der Waals surface area contributed by atoms with Crippen LogP contribution >= 0.6 is 0 Å². The van der Waals surface area contributed by atoms with E-state index in [4.69, 9.17) is 9.47 Å². The number of hydrogen-bond donors (Lipinski definition) is 4. The number of ether oxygens (including phenoxy) is 2. The summed E-state index contributed by atoms with van der Waals surface area (Å²) in [5.41, 5.74) is 1.74. The lowest BCUT2D eigenvalue weighted by atomic mass is 10.0. The minimum absolute atomic E-state index is 0.109. The van der Waals surface area contributed by atoms with Gasteiger partial charge in [-0.25, -0.2) is 4.79 Å². The molecule has 0 aliphatic rings. The first-order valence-corrected chi connectivity index (χ1v) is 8.13. The summed E-state index contributed by atoms with van der Waals surface area (Å²) in [6, 6.07) is 14.0. The van der Waals surface area contributed by atoms with Crippen molar-refractivity contribution in [3.05, 3.63) is 65.2 Å². The van der Waals surface area contributed by atoms with Gasteiger partial charge in [-0.2, -0.15) is 0 Å². The van der Waals surface area contributed by atoms with E-state index in [9.17, 15) is 20.1 Å². The Balaban J connectivity index is 1.88. The highest BCUT2D eigenvalue weighted by atomic mass is 16.5. The van der Waals surface area contributed by atoms with Crippen LogP contribution in [0.3, 0.4) is 0 Å². The van der Waals surface area contributed by atoms with Crippen LogP contribution in [-0.2, 0) is 18.0 Å². The van der Waals surface area contributed by atoms with Crippen LogP contribution in [0.4, 0.5) is 4.79 Å². The minimum Gasteiger partial charge on any atom is -0.496 e. The Hall–Kier alpha value is -2.61. The second kappa shape index (κ2) is 9.76. The average Bonchev–Trinajstić information content (AvgIpc) is 2.70. The van der Waals surface area contributed by atoms with E-state index in [0.29, 0.717) is 16.9 Å². The molecule has 2 aromatic rings. The van der Waals surface area contributed by atoms with Gasteiger partial charge in [0.15, 0.2) is 0 Å². The van der Waals surface area contributed by atoms with Crippen molar-refractivity contribution in [1.82, 2.24) is 5.32 Å². The summed E-state index contributed by atoms with van der Waals surface area (Å²) in [5.74, 6) is 0.375. The SMILES string of the molecule is COc1ccc(CO)cc1C(O)C(O)CNC(=O)OCc1ccccc1. The quantitative estimate of drug-likeness (QED) is 0.568. The summed E-state index contributed by atoms with van der Waals surface area (Å²) < 4.78 is 10.2. The molecule has 26 heavy (non-hydrogen) atoms. The Morgan fingerprint density at radius 3 is 2.50 bits per heavy atom. The number of methoxy groups -OCH3 is 1. The van der Waals surface area contributed by atoms with Gasteiger partial charge in [0, 0.05) is 12.1 Å². The lowest BCUT2D eigenvalue weighted by molar-refractivity contribution is 0.0170. The Kier molecular flexibility index (Phi) is 7.40. The van der Waals surface area contributed by atoms with E-state index in [1.165, 1.54) is 7.11 Å². The van der Waals surface area contributed by atoms with Crippen LogP contribution < -0.4 is 10.1 Å². The summed E-state index contributed by atoms with van der Waals surface area (Å²) in [5, 5.41) is 32.1. The van der Waals surface area contributed by atoms with E-state index in [0.717, 1.165) is 5.56 Å². The van der Waals surface area contributed by atoms with E-state index in [2.05, 4.69) is 5.32 Å². The molecule has 0 fully saturated rings. The van der Waals surface area contributed by atoms with Gasteiger partial charge in [0.05, 0.1) is 13.7 Å². The van der Waals surface area contributed by atoms with Gasteiger partial charge < -0.3 is 30.1 Å². The molecule has 0 aromatic heterocycles. The van der Waals surface area contributed by atoms with Crippen LogP contribution in [0.15, 0.2) is 48.5 Å². The molecule has 0 spiro atoms. The monoisotopic (exact) mass is 361 g/mol. The molecule has 4 N–H and O–H groups in total. The highest BCUT2D eigenvalue weighted by Gasteiger charge is 2.23. The second-order valence-electron chi connectivity index (χ2n) is 5.69. The van der Waals surface area contributed by atoms with Gasteiger partial charge in [0.2, 0.25) is 0 Å². The van der Waals surface area contributed by atoms with Gasteiger partial charge >= 0.3 is 6.09 Å². The topological polar surface area (TPSA) is 108 Å².